The summed E-state index contributed by atoms with van der Waals surface area (Å²) in [5, 5.41) is 11.4. The molecule has 1 heterocycles. The monoisotopic (exact) mass is 443 g/mol. The normalized spacial score (nSPS) is 17.3. The molecule has 6 nitrogen and oxygen atoms in total. The van der Waals surface area contributed by atoms with Crippen LogP contribution < -0.4 is 14.4 Å². The second-order valence-corrected chi connectivity index (χ2v) is 7.89. The Morgan fingerprint density at radius 1 is 0.848 bits per heavy atom. The number of methoxy groups -OCH3 is 2. The van der Waals surface area contributed by atoms with Crippen LogP contribution in [0.5, 0.6) is 11.5 Å². The number of anilines is 1. The number of amides is 1. The van der Waals surface area contributed by atoms with Gasteiger partial charge in [-0.15, -0.1) is 0 Å². The molecule has 33 heavy (non-hydrogen) atoms. The second-order valence-electron chi connectivity index (χ2n) is 7.89. The Kier molecular flexibility index (Phi) is 5.92. The summed E-state index contributed by atoms with van der Waals surface area (Å²) in [5.41, 5.74) is 3.55. The van der Waals surface area contributed by atoms with E-state index in [0.717, 1.165) is 11.1 Å². The molecule has 0 bridgehead atoms. The van der Waals surface area contributed by atoms with Crippen molar-refractivity contribution >= 4 is 23.1 Å². The van der Waals surface area contributed by atoms with Crippen molar-refractivity contribution in [1.29, 1.82) is 0 Å². The molecule has 1 aliphatic heterocycles. The third kappa shape index (κ3) is 3.74. The first kappa shape index (κ1) is 22.1. The van der Waals surface area contributed by atoms with Crippen molar-refractivity contribution < 1.29 is 24.2 Å². The summed E-state index contributed by atoms with van der Waals surface area (Å²) in [6.07, 6.45) is 0. The number of ketones is 1. The maximum absolute atomic E-state index is 13.3. The van der Waals surface area contributed by atoms with Crippen LogP contribution in [0.1, 0.15) is 28.3 Å². The van der Waals surface area contributed by atoms with Gasteiger partial charge in [-0.3, -0.25) is 14.5 Å². The van der Waals surface area contributed by atoms with E-state index < -0.39 is 17.7 Å². The van der Waals surface area contributed by atoms with Gasteiger partial charge in [0.15, 0.2) is 0 Å². The first-order chi connectivity index (χ1) is 15.9. The first-order valence-electron chi connectivity index (χ1n) is 10.5. The standard InChI is InChI=1S/C27H25NO5/c1-16-13-14-19(15-17(16)2)28-24(18-9-6-5-7-10-18)23(26(30)27(28)31)25(29)22-20(32-3)11-8-12-21(22)33-4/h5-15,24,29H,1-4H3/b25-23+. The molecule has 1 unspecified atom stereocenters. The van der Waals surface area contributed by atoms with Gasteiger partial charge in [-0.1, -0.05) is 42.5 Å². The summed E-state index contributed by atoms with van der Waals surface area (Å²) in [4.78, 5) is 28.1. The lowest BCUT2D eigenvalue weighted by Crippen LogP contribution is -2.29. The largest absolute Gasteiger partial charge is 0.506 e. The van der Waals surface area contributed by atoms with Crippen molar-refractivity contribution in [3.8, 4) is 11.5 Å². The van der Waals surface area contributed by atoms with Crippen LogP contribution in [0.3, 0.4) is 0 Å². The van der Waals surface area contributed by atoms with Gasteiger partial charge in [-0.05, 0) is 54.8 Å². The van der Waals surface area contributed by atoms with Crippen LogP contribution in [0.15, 0.2) is 72.3 Å². The maximum Gasteiger partial charge on any atom is 0.300 e. The fourth-order valence-corrected chi connectivity index (χ4v) is 4.14. The van der Waals surface area contributed by atoms with Gasteiger partial charge in [0, 0.05) is 5.69 Å². The number of carbonyl (C=O) groups excluding carboxylic acids is 2. The van der Waals surface area contributed by atoms with E-state index in [0.29, 0.717) is 22.7 Å². The van der Waals surface area contributed by atoms with E-state index in [1.54, 1.807) is 18.2 Å². The SMILES string of the molecule is COc1cccc(OC)c1/C(O)=C1\C(=O)C(=O)N(c2ccc(C)c(C)c2)C1c1ccccc1. The van der Waals surface area contributed by atoms with Crippen molar-refractivity contribution in [2.45, 2.75) is 19.9 Å². The van der Waals surface area contributed by atoms with Gasteiger partial charge in [0.25, 0.3) is 11.7 Å². The van der Waals surface area contributed by atoms with Gasteiger partial charge in [0.05, 0.1) is 25.8 Å². The Hall–Kier alpha value is -4.06. The molecule has 1 saturated heterocycles. The Morgan fingerprint density at radius 3 is 2.06 bits per heavy atom. The molecule has 168 valence electrons. The lowest BCUT2D eigenvalue weighted by Gasteiger charge is -2.26. The summed E-state index contributed by atoms with van der Waals surface area (Å²) < 4.78 is 10.9. The molecule has 1 atom stereocenters. The van der Waals surface area contributed by atoms with Crippen molar-refractivity contribution in [1.82, 2.24) is 0 Å². The fraction of sp³-hybridized carbons (Fsp3) is 0.185. The molecule has 0 aliphatic carbocycles. The van der Waals surface area contributed by atoms with Gasteiger partial charge in [0.2, 0.25) is 0 Å². The highest BCUT2D eigenvalue weighted by Crippen LogP contribution is 2.45. The first-order valence-corrected chi connectivity index (χ1v) is 10.5. The maximum atomic E-state index is 13.3. The average Bonchev–Trinajstić information content (AvgIpc) is 3.10. The molecule has 4 rings (SSSR count). The third-order valence-electron chi connectivity index (χ3n) is 5.99. The Labute approximate surface area is 192 Å². The molecule has 1 aliphatic rings. The zero-order valence-electron chi connectivity index (χ0n) is 19.0. The fourth-order valence-electron chi connectivity index (χ4n) is 4.14. The lowest BCUT2D eigenvalue weighted by molar-refractivity contribution is -0.132. The van der Waals surface area contributed by atoms with Crippen molar-refractivity contribution in [2.24, 2.45) is 0 Å². The predicted molar refractivity (Wildman–Crippen MR) is 127 cm³/mol. The predicted octanol–water partition coefficient (Wildman–Crippen LogP) is 4.95. The lowest BCUT2D eigenvalue weighted by atomic mass is 9.94. The van der Waals surface area contributed by atoms with Crippen molar-refractivity contribution in [3.63, 3.8) is 0 Å². The number of ether oxygens (including phenoxy) is 2. The van der Waals surface area contributed by atoms with Crippen LogP contribution in [0, 0.1) is 13.8 Å². The van der Waals surface area contributed by atoms with Crippen molar-refractivity contribution in [2.75, 3.05) is 19.1 Å². The highest BCUT2D eigenvalue weighted by Gasteiger charge is 2.47. The Morgan fingerprint density at radius 2 is 1.48 bits per heavy atom. The van der Waals surface area contributed by atoms with E-state index in [1.165, 1.54) is 19.1 Å². The molecule has 3 aromatic carbocycles. The average molecular weight is 443 g/mol. The van der Waals surface area contributed by atoms with E-state index in [1.807, 2.05) is 62.4 Å². The molecule has 0 spiro atoms. The number of hydrogen-bond acceptors (Lipinski definition) is 5. The molecule has 1 N–H and O–H groups in total. The molecule has 0 saturated carbocycles. The quantitative estimate of drug-likeness (QED) is 0.343. The summed E-state index contributed by atoms with van der Waals surface area (Å²) in [5.74, 6) is -1.16. The van der Waals surface area contributed by atoms with Crippen LogP contribution >= 0.6 is 0 Å². The topological polar surface area (TPSA) is 76.1 Å². The van der Waals surface area contributed by atoms with E-state index in [9.17, 15) is 14.7 Å². The highest BCUT2D eigenvalue weighted by molar-refractivity contribution is 6.51. The zero-order chi connectivity index (χ0) is 23.7. The molecular formula is C27H25NO5. The number of benzene rings is 3. The zero-order valence-corrected chi connectivity index (χ0v) is 19.0. The molecule has 1 amide bonds. The molecule has 6 heteroatoms. The molecule has 1 fully saturated rings. The number of hydrogen-bond donors (Lipinski definition) is 1. The minimum Gasteiger partial charge on any atom is -0.506 e. The number of Topliss-reactive ketones (excluding diaryl/α,β-unsaturated/α-hetero) is 1. The van der Waals surface area contributed by atoms with Crippen LogP contribution in [0.2, 0.25) is 0 Å². The molecular weight excluding hydrogens is 418 g/mol. The number of aliphatic hydroxyl groups excluding tert-OH is 1. The molecule has 0 aromatic heterocycles. The Balaban J connectivity index is 2.01. The minimum absolute atomic E-state index is 0.0211. The Bertz CT molecular complexity index is 1240. The molecule has 3 aromatic rings. The van der Waals surface area contributed by atoms with Crippen LogP contribution in [-0.2, 0) is 9.59 Å². The van der Waals surface area contributed by atoms with Gasteiger partial charge in [0.1, 0.15) is 22.8 Å². The summed E-state index contributed by atoms with van der Waals surface area (Å²) in [7, 11) is 2.93. The number of aryl methyl sites for hydroxylation is 2. The van der Waals surface area contributed by atoms with Gasteiger partial charge in [-0.25, -0.2) is 0 Å². The van der Waals surface area contributed by atoms with Gasteiger partial charge >= 0.3 is 0 Å². The van der Waals surface area contributed by atoms with Gasteiger partial charge < -0.3 is 14.6 Å². The van der Waals surface area contributed by atoms with E-state index in [4.69, 9.17) is 9.47 Å². The molecule has 0 radical (unpaired) electrons. The van der Waals surface area contributed by atoms with E-state index in [2.05, 4.69) is 0 Å². The summed E-state index contributed by atoms with van der Waals surface area (Å²) in [6.45, 7) is 3.93. The third-order valence-corrected chi connectivity index (χ3v) is 5.99. The van der Waals surface area contributed by atoms with Gasteiger partial charge in [-0.2, -0.15) is 0 Å². The number of carbonyl (C=O) groups is 2. The minimum atomic E-state index is -0.817. The van der Waals surface area contributed by atoms with Crippen LogP contribution in [0.25, 0.3) is 5.76 Å². The van der Waals surface area contributed by atoms with E-state index in [-0.39, 0.29) is 16.9 Å². The van der Waals surface area contributed by atoms with Crippen LogP contribution in [0.4, 0.5) is 5.69 Å². The highest BCUT2D eigenvalue weighted by atomic mass is 16.5. The van der Waals surface area contributed by atoms with Crippen molar-refractivity contribution in [3.05, 3.63) is 94.6 Å². The number of rotatable bonds is 5. The summed E-state index contributed by atoms with van der Waals surface area (Å²) >= 11 is 0. The van der Waals surface area contributed by atoms with Crippen LogP contribution in [-0.4, -0.2) is 31.0 Å². The number of aliphatic hydroxyl groups is 1. The summed E-state index contributed by atoms with van der Waals surface area (Å²) in [6, 6.07) is 19.0. The number of nitrogens with zero attached hydrogens (tertiary/aromatic N) is 1. The van der Waals surface area contributed by atoms with E-state index >= 15 is 0 Å². The smallest absolute Gasteiger partial charge is 0.300 e. The second kappa shape index (κ2) is 8.82.